The first-order valence-corrected chi connectivity index (χ1v) is 8.19. The van der Waals surface area contributed by atoms with E-state index in [1.807, 2.05) is 0 Å². The Morgan fingerprint density at radius 1 is 1.14 bits per heavy atom. The number of fused-ring (bicyclic) bond motifs is 3. The number of phenolic OH excluding ortho intramolecular Hbond substituents is 2. The quantitative estimate of drug-likeness (QED) is 0.610. The number of hydrogen-bond donors (Lipinski definition) is 4. The van der Waals surface area contributed by atoms with Crippen molar-refractivity contribution in [3.05, 3.63) is 39.8 Å². The number of benzene rings is 1. The van der Waals surface area contributed by atoms with Crippen molar-refractivity contribution < 1.29 is 15.0 Å². The maximum atomic E-state index is 12.5. The van der Waals surface area contributed by atoms with Crippen molar-refractivity contribution in [2.75, 3.05) is 5.32 Å². The van der Waals surface area contributed by atoms with Crippen LogP contribution in [0.3, 0.4) is 0 Å². The Labute approximate surface area is 131 Å². The fourth-order valence-electron chi connectivity index (χ4n) is 3.21. The van der Waals surface area contributed by atoms with E-state index in [2.05, 4.69) is 10.6 Å². The second-order valence-corrected chi connectivity index (χ2v) is 6.81. The van der Waals surface area contributed by atoms with Crippen LogP contribution in [0.5, 0.6) is 11.5 Å². The minimum absolute atomic E-state index is 0.0420. The molecule has 2 aliphatic rings. The van der Waals surface area contributed by atoms with Gasteiger partial charge in [-0.2, -0.15) is 0 Å². The van der Waals surface area contributed by atoms with Gasteiger partial charge in [-0.1, -0.05) is 0 Å². The SMILES string of the molecule is O=C1N[C@@H](c2cc(O)ccc2O)Nc2sc3c(c21)CCCC3. The van der Waals surface area contributed by atoms with Crippen LogP contribution in [0.4, 0.5) is 5.00 Å². The molecule has 0 radical (unpaired) electrons. The topological polar surface area (TPSA) is 81.6 Å². The molecule has 1 aliphatic heterocycles. The second kappa shape index (κ2) is 4.91. The molecule has 2 aromatic rings. The van der Waals surface area contributed by atoms with Crippen molar-refractivity contribution in [2.24, 2.45) is 0 Å². The molecular formula is C16H16N2O3S. The molecule has 4 N–H and O–H groups in total. The van der Waals surface area contributed by atoms with Crippen LogP contribution in [0.25, 0.3) is 0 Å². The average molecular weight is 316 g/mol. The number of anilines is 1. The van der Waals surface area contributed by atoms with E-state index in [-0.39, 0.29) is 17.4 Å². The normalized spacial score (nSPS) is 19.8. The van der Waals surface area contributed by atoms with Crippen LogP contribution in [-0.2, 0) is 12.8 Å². The standard InChI is InChI=1S/C16H16N2O3S/c19-8-5-6-11(20)10(7-8)14-17-15(21)13-9-3-1-2-4-12(9)22-16(13)18-14/h5-7,14,18-20H,1-4H2,(H,17,21)/t14-/m1/s1. The Hall–Kier alpha value is -2.21. The molecule has 1 atom stereocenters. The van der Waals surface area contributed by atoms with E-state index in [1.165, 1.54) is 35.1 Å². The average Bonchev–Trinajstić information content (AvgIpc) is 2.88. The first kappa shape index (κ1) is 13.5. The van der Waals surface area contributed by atoms with Crippen LogP contribution in [-0.4, -0.2) is 16.1 Å². The highest BCUT2D eigenvalue weighted by Crippen LogP contribution is 2.42. The molecule has 0 unspecified atom stereocenters. The molecule has 0 saturated heterocycles. The van der Waals surface area contributed by atoms with Crippen molar-refractivity contribution >= 4 is 22.2 Å². The van der Waals surface area contributed by atoms with E-state index in [0.29, 0.717) is 5.56 Å². The van der Waals surface area contributed by atoms with Gasteiger partial charge in [0.05, 0.1) is 5.56 Å². The van der Waals surface area contributed by atoms with Crippen molar-refractivity contribution in [3.63, 3.8) is 0 Å². The third kappa shape index (κ3) is 2.02. The first-order chi connectivity index (χ1) is 10.6. The molecule has 0 saturated carbocycles. The summed E-state index contributed by atoms with van der Waals surface area (Å²) in [6.45, 7) is 0. The van der Waals surface area contributed by atoms with E-state index in [0.717, 1.165) is 29.8 Å². The second-order valence-electron chi connectivity index (χ2n) is 5.71. The summed E-state index contributed by atoms with van der Waals surface area (Å²) in [4.78, 5) is 13.8. The van der Waals surface area contributed by atoms with Gasteiger partial charge in [0, 0.05) is 10.4 Å². The molecule has 1 aromatic carbocycles. The van der Waals surface area contributed by atoms with E-state index in [9.17, 15) is 15.0 Å². The molecule has 22 heavy (non-hydrogen) atoms. The molecule has 5 nitrogen and oxygen atoms in total. The summed E-state index contributed by atoms with van der Waals surface area (Å²) >= 11 is 1.63. The summed E-state index contributed by atoms with van der Waals surface area (Å²) in [7, 11) is 0. The number of hydrogen-bond acceptors (Lipinski definition) is 5. The van der Waals surface area contributed by atoms with Crippen molar-refractivity contribution in [1.82, 2.24) is 5.32 Å². The molecule has 0 fully saturated rings. The number of carbonyl (C=O) groups excluding carboxylic acids is 1. The largest absolute Gasteiger partial charge is 0.508 e. The first-order valence-electron chi connectivity index (χ1n) is 7.37. The minimum Gasteiger partial charge on any atom is -0.508 e. The summed E-state index contributed by atoms with van der Waals surface area (Å²) in [5, 5.41) is 26.6. The van der Waals surface area contributed by atoms with Gasteiger partial charge in [0.2, 0.25) is 0 Å². The van der Waals surface area contributed by atoms with Gasteiger partial charge in [0.1, 0.15) is 22.7 Å². The Morgan fingerprint density at radius 3 is 2.82 bits per heavy atom. The number of phenols is 2. The summed E-state index contributed by atoms with van der Waals surface area (Å²) in [5.74, 6) is -0.0126. The predicted molar refractivity (Wildman–Crippen MR) is 84.6 cm³/mol. The number of thiophene rings is 1. The maximum Gasteiger partial charge on any atom is 0.256 e. The number of amides is 1. The predicted octanol–water partition coefficient (Wildman–Crippen LogP) is 2.89. The highest BCUT2D eigenvalue weighted by Gasteiger charge is 2.32. The molecule has 6 heteroatoms. The van der Waals surface area contributed by atoms with Crippen LogP contribution in [0.15, 0.2) is 18.2 Å². The third-order valence-electron chi connectivity index (χ3n) is 4.27. The molecular weight excluding hydrogens is 300 g/mol. The van der Waals surface area contributed by atoms with E-state index in [1.54, 1.807) is 11.3 Å². The van der Waals surface area contributed by atoms with Gasteiger partial charge in [-0.15, -0.1) is 11.3 Å². The lowest BCUT2D eigenvalue weighted by molar-refractivity contribution is 0.0935. The minimum atomic E-state index is -0.535. The van der Waals surface area contributed by atoms with Gasteiger partial charge >= 0.3 is 0 Å². The van der Waals surface area contributed by atoms with Crippen LogP contribution in [0.1, 0.15) is 45.4 Å². The Morgan fingerprint density at radius 2 is 1.95 bits per heavy atom. The van der Waals surface area contributed by atoms with Gasteiger partial charge in [-0.05, 0) is 49.4 Å². The highest BCUT2D eigenvalue weighted by atomic mass is 32.1. The molecule has 0 bridgehead atoms. The molecule has 114 valence electrons. The number of carbonyl (C=O) groups is 1. The molecule has 1 aliphatic carbocycles. The molecule has 4 rings (SSSR count). The number of nitrogens with one attached hydrogen (secondary N) is 2. The van der Waals surface area contributed by atoms with Gasteiger partial charge in [0.15, 0.2) is 0 Å². The Kier molecular flexibility index (Phi) is 3.00. The maximum absolute atomic E-state index is 12.5. The zero-order valence-corrected chi connectivity index (χ0v) is 12.7. The van der Waals surface area contributed by atoms with Gasteiger partial charge in [-0.3, -0.25) is 4.79 Å². The lowest BCUT2D eigenvalue weighted by atomic mass is 9.94. The number of aryl methyl sites for hydroxylation is 1. The fraction of sp³-hybridized carbons (Fsp3) is 0.312. The van der Waals surface area contributed by atoms with Gasteiger partial charge in [-0.25, -0.2) is 0 Å². The number of rotatable bonds is 1. The molecule has 1 amide bonds. The summed E-state index contributed by atoms with van der Waals surface area (Å²) < 4.78 is 0. The van der Waals surface area contributed by atoms with E-state index < -0.39 is 6.17 Å². The lowest BCUT2D eigenvalue weighted by Crippen LogP contribution is -2.38. The van der Waals surface area contributed by atoms with Crippen LogP contribution >= 0.6 is 11.3 Å². The monoisotopic (exact) mass is 316 g/mol. The lowest BCUT2D eigenvalue weighted by Gasteiger charge is -2.27. The van der Waals surface area contributed by atoms with Crippen LogP contribution < -0.4 is 10.6 Å². The smallest absolute Gasteiger partial charge is 0.256 e. The van der Waals surface area contributed by atoms with Crippen LogP contribution in [0.2, 0.25) is 0 Å². The zero-order chi connectivity index (χ0) is 15.3. The van der Waals surface area contributed by atoms with Crippen molar-refractivity contribution in [3.8, 4) is 11.5 Å². The third-order valence-corrected chi connectivity index (χ3v) is 5.49. The summed E-state index contributed by atoms with van der Waals surface area (Å²) in [6.07, 6.45) is 3.75. The summed E-state index contributed by atoms with van der Waals surface area (Å²) in [5.41, 5.74) is 2.40. The van der Waals surface area contributed by atoms with Gasteiger partial charge < -0.3 is 20.8 Å². The molecule has 2 heterocycles. The summed E-state index contributed by atoms with van der Waals surface area (Å²) in [6, 6.07) is 4.30. The van der Waals surface area contributed by atoms with Crippen molar-refractivity contribution in [1.29, 1.82) is 0 Å². The van der Waals surface area contributed by atoms with E-state index >= 15 is 0 Å². The fourth-order valence-corrected chi connectivity index (χ4v) is 4.52. The molecule has 0 spiro atoms. The van der Waals surface area contributed by atoms with Crippen LogP contribution in [0, 0.1) is 0 Å². The molecule has 1 aromatic heterocycles. The highest BCUT2D eigenvalue weighted by molar-refractivity contribution is 7.16. The van der Waals surface area contributed by atoms with Gasteiger partial charge in [0.25, 0.3) is 5.91 Å². The Balaban J connectivity index is 1.74. The van der Waals surface area contributed by atoms with E-state index in [4.69, 9.17) is 0 Å². The number of aromatic hydroxyl groups is 2. The zero-order valence-electron chi connectivity index (χ0n) is 11.8. The Bertz CT molecular complexity index is 769. The van der Waals surface area contributed by atoms with Crippen molar-refractivity contribution in [2.45, 2.75) is 31.8 Å².